The SMILES string of the molecule is CC(O)P(=O)(O)OC(C)(C)C[C@H]1OC(n2ccc(=O)[nH]c2=O)[C@@H]2OC(C)(C)O[C@H]12. The lowest BCUT2D eigenvalue weighted by atomic mass is 9.97. The van der Waals surface area contributed by atoms with Crippen molar-refractivity contribution in [2.75, 3.05) is 0 Å². The van der Waals surface area contributed by atoms with E-state index in [0.717, 1.165) is 0 Å². The van der Waals surface area contributed by atoms with E-state index < -0.39 is 60.6 Å². The van der Waals surface area contributed by atoms with Crippen LogP contribution in [0.2, 0.25) is 0 Å². The van der Waals surface area contributed by atoms with E-state index in [1.807, 2.05) is 0 Å². The van der Waals surface area contributed by atoms with Gasteiger partial charge in [-0.15, -0.1) is 0 Å². The summed E-state index contributed by atoms with van der Waals surface area (Å²) in [6.45, 7) is 7.82. The van der Waals surface area contributed by atoms with Crippen molar-refractivity contribution in [2.24, 2.45) is 0 Å². The van der Waals surface area contributed by atoms with Gasteiger partial charge in [0.05, 0.1) is 11.7 Å². The minimum atomic E-state index is -4.25. The second-order valence-corrected chi connectivity index (χ2v) is 10.5. The lowest BCUT2D eigenvalue weighted by molar-refractivity contribution is -0.201. The molecule has 3 heterocycles. The van der Waals surface area contributed by atoms with Gasteiger partial charge in [0.15, 0.2) is 17.9 Å². The van der Waals surface area contributed by atoms with Gasteiger partial charge >= 0.3 is 13.3 Å². The maximum atomic E-state index is 12.2. The van der Waals surface area contributed by atoms with Gasteiger partial charge in [0.2, 0.25) is 0 Å². The van der Waals surface area contributed by atoms with Gasteiger partial charge in [-0.05, 0) is 34.6 Å². The van der Waals surface area contributed by atoms with E-state index in [1.165, 1.54) is 23.8 Å². The molecule has 1 aromatic rings. The highest BCUT2D eigenvalue weighted by atomic mass is 31.2. The Balaban J connectivity index is 1.87. The zero-order chi connectivity index (χ0) is 21.8. The van der Waals surface area contributed by atoms with Gasteiger partial charge in [0.1, 0.15) is 12.2 Å². The molecule has 1 aromatic heterocycles. The molecule has 12 heteroatoms. The summed E-state index contributed by atoms with van der Waals surface area (Å²) in [6.07, 6.45) is -1.30. The summed E-state index contributed by atoms with van der Waals surface area (Å²) in [7, 11) is -4.25. The summed E-state index contributed by atoms with van der Waals surface area (Å²) in [6, 6.07) is 1.20. The molecule has 2 saturated heterocycles. The van der Waals surface area contributed by atoms with Crippen LogP contribution in [0.1, 0.15) is 47.3 Å². The summed E-state index contributed by atoms with van der Waals surface area (Å²) in [5.74, 6) is -2.48. The zero-order valence-corrected chi connectivity index (χ0v) is 17.8. The number of hydrogen-bond donors (Lipinski definition) is 3. The number of aliphatic hydroxyl groups is 1. The molecule has 0 amide bonds. The second-order valence-electron chi connectivity index (χ2n) is 8.40. The van der Waals surface area contributed by atoms with Gasteiger partial charge in [-0.3, -0.25) is 18.9 Å². The average molecular weight is 434 g/mol. The highest BCUT2D eigenvalue weighted by Gasteiger charge is 2.57. The summed E-state index contributed by atoms with van der Waals surface area (Å²) < 4.78 is 36.5. The van der Waals surface area contributed by atoms with Crippen molar-refractivity contribution >= 4 is 7.60 Å². The van der Waals surface area contributed by atoms with Crippen molar-refractivity contribution in [2.45, 2.75) is 82.8 Å². The fourth-order valence-electron chi connectivity index (χ4n) is 3.63. The van der Waals surface area contributed by atoms with Crippen molar-refractivity contribution in [1.82, 2.24) is 9.55 Å². The van der Waals surface area contributed by atoms with E-state index >= 15 is 0 Å². The van der Waals surface area contributed by atoms with Gasteiger partial charge in [0.25, 0.3) is 5.56 Å². The molecule has 0 aromatic carbocycles. The first-order valence-corrected chi connectivity index (χ1v) is 10.9. The van der Waals surface area contributed by atoms with Crippen LogP contribution < -0.4 is 11.2 Å². The number of nitrogens with one attached hydrogen (secondary N) is 1. The number of hydrogen-bond acceptors (Lipinski definition) is 8. The number of ether oxygens (including phenoxy) is 3. The van der Waals surface area contributed by atoms with Gasteiger partial charge in [0, 0.05) is 18.7 Å². The molecule has 0 spiro atoms. The van der Waals surface area contributed by atoms with Crippen LogP contribution in [0.15, 0.2) is 21.9 Å². The maximum absolute atomic E-state index is 12.2. The summed E-state index contributed by atoms with van der Waals surface area (Å²) in [5, 5.41) is 9.49. The lowest BCUT2D eigenvalue weighted by Gasteiger charge is -2.32. The second kappa shape index (κ2) is 7.42. The predicted octanol–water partition coefficient (Wildman–Crippen LogP) is 0.663. The van der Waals surface area contributed by atoms with E-state index in [-0.39, 0.29) is 6.42 Å². The summed E-state index contributed by atoms with van der Waals surface area (Å²) >= 11 is 0. The molecular weight excluding hydrogens is 407 g/mol. The minimum absolute atomic E-state index is 0.124. The normalized spacial score (nSPS) is 32.0. The van der Waals surface area contributed by atoms with Gasteiger partial charge in [-0.2, -0.15) is 0 Å². The zero-order valence-electron chi connectivity index (χ0n) is 16.9. The highest BCUT2D eigenvalue weighted by Crippen LogP contribution is 2.52. The molecule has 3 N–H and O–H groups in total. The number of nitrogens with zero attached hydrogens (tertiary/aromatic N) is 1. The van der Waals surface area contributed by atoms with Crippen LogP contribution in [0.25, 0.3) is 0 Å². The third-order valence-electron chi connectivity index (χ3n) is 4.79. The van der Waals surface area contributed by atoms with Crippen LogP contribution in [-0.4, -0.2) is 55.1 Å². The number of aliphatic hydroxyl groups excluding tert-OH is 1. The van der Waals surface area contributed by atoms with E-state index in [1.54, 1.807) is 27.7 Å². The predicted molar refractivity (Wildman–Crippen MR) is 100 cm³/mol. The molecule has 3 unspecified atom stereocenters. The molecular formula is C17H27N2O9P. The van der Waals surface area contributed by atoms with Gasteiger partial charge < -0.3 is 28.7 Å². The number of H-pyrrole nitrogens is 1. The maximum Gasteiger partial charge on any atom is 0.356 e. The highest BCUT2D eigenvalue weighted by molar-refractivity contribution is 7.53. The molecule has 0 radical (unpaired) electrons. The summed E-state index contributed by atoms with van der Waals surface area (Å²) in [4.78, 5) is 35.7. The quantitative estimate of drug-likeness (QED) is 0.549. The number of aromatic amines is 1. The molecule has 164 valence electrons. The number of fused-ring (bicyclic) bond motifs is 1. The molecule has 29 heavy (non-hydrogen) atoms. The van der Waals surface area contributed by atoms with E-state index in [2.05, 4.69) is 4.98 Å². The number of rotatable bonds is 6. The van der Waals surface area contributed by atoms with Gasteiger partial charge in [-0.25, -0.2) is 4.79 Å². The first kappa shape index (κ1) is 22.4. The van der Waals surface area contributed by atoms with Crippen LogP contribution in [-0.2, 0) is 23.3 Å². The topological polar surface area (TPSA) is 149 Å². The molecule has 0 aliphatic carbocycles. The minimum Gasteiger partial charge on any atom is -0.381 e. The molecule has 3 rings (SSSR count). The monoisotopic (exact) mass is 434 g/mol. The van der Waals surface area contributed by atoms with Crippen LogP contribution in [0.4, 0.5) is 0 Å². The number of aromatic nitrogens is 2. The van der Waals surface area contributed by atoms with E-state index in [9.17, 15) is 24.2 Å². The molecule has 6 atom stereocenters. The van der Waals surface area contributed by atoms with Crippen LogP contribution >= 0.6 is 7.60 Å². The largest absolute Gasteiger partial charge is 0.381 e. The van der Waals surface area contributed by atoms with Crippen molar-refractivity contribution in [3.63, 3.8) is 0 Å². The Kier molecular flexibility index (Phi) is 5.72. The molecule has 2 fully saturated rings. The van der Waals surface area contributed by atoms with E-state index in [0.29, 0.717) is 0 Å². The Morgan fingerprint density at radius 1 is 1.34 bits per heavy atom. The lowest BCUT2D eigenvalue weighted by Crippen LogP contribution is -2.37. The van der Waals surface area contributed by atoms with Crippen molar-refractivity contribution in [3.8, 4) is 0 Å². The first-order chi connectivity index (χ1) is 13.2. The first-order valence-electron chi connectivity index (χ1n) is 9.25. The Hall–Kier alpha value is -1.33. The molecule has 0 bridgehead atoms. The van der Waals surface area contributed by atoms with Crippen molar-refractivity contribution in [1.29, 1.82) is 0 Å². The fourth-order valence-corrected chi connectivity index (χ4v) is 4.56. The van der Waals surface area contributed by atoms with E-state index in [4.69, 9.17) is 18.7 Å². The third kappa shape index (κ3) is 4.72. The average Bonchev–Trinajstić information content (AvgIpc) is 3.00. The molecule has 2 aliphatic rings. The smallest absolute Gasteiger partial charge is 0.356 e. The standard InChI is InChI=1S/C17H27N2O9P/c1-9(20)29(23,24)28-16(2,3)8-10-12-13(27-17(4,5)26-12)14(25-10)19-7-6-11(21)18-15(19)22/h6-7,9-10,12-14,20H,8H2,1-5H3,(H,23,24)(H,18,21,22)/t9?,10-,12-,13-,14?/m1/s1. The Morgan fingerprint density at radius 2 is 1.97 bits per heavy atom. The van der Waals surface area contributed by atoms with Crippen LogP contribution in [0.5, 0.6) is 0 Å². The van der Waals surface area contributed by atoms with Crippen molar-refractivity contribution < 1.29 is 33.3 Å². The molecule has 2 aliphatic heterocycles. The third-order valence-corrected chi connectivity index (χ3v) is 6.49. The summed E-state index contributed by atoms with van der Waals surface area (Å²) in [5.41, 5.74) is -2.34. The Morgan fingerprint density at radius 3 is 2.55 bits per heavy atom. The van der Waals surface area contributed by atoms with Crippen LogP contribution in [0.3, 0.4) is 0 Å². The molecule has 0 saturated carbocycles. The van der Waals surface area contributed by atoms with Gasteiger partial charge in [-0.1, -0.05) is 0 Å². The van der Waals surface area contributed by atoms with Crippen LogP contribution in [0, 0.1) is 0 Å². The Bertz CT molecular complexity index is 922. The fraction of sp³-hybridized carbons (Fsp3) is 0.765. The Labute approximate surface area is 167 Å². The van der Waals surface area contributed by atoms with Crippen molar-refractivity contribution in [3.05, 3.63) is 33.1 Å². The molecule has 11 nitrogen and oxygen atoms in total.